The van der Waals surface area contributed by atoms with Gasteiger partial charge in [0, 0.05) is 0 Å². The molecule has 3 heteroatoms. The first-order valence-corrected chi connectivity index (χ1v) is 11.8. The molecule has 0 bridgehead atoms. The van der Waals surface area contributed by atoms with Crippen LogP contribution in [0.15, 0.2) is 36.4 Å². The first-order chi connectivity index (χ1) is 14.0. The zero-order chi connectivity index (χ0) is 20.7. The van der Waals surface area contributed by atoms with E-state index >= 15 is 0 Å². The minimum Gasteiger partial charge on any atom is -0.166 e. The highest BCUT2D eigenvalue weighted by Crippen LogP contribution is 2.42. The first-order valence-electron chi connectivity index (χ1n) is 11.8. The SMILES string of the molecule is CCCC1CCC(C2CCC(C/C=C\Cc3ccc(C(F)(F)F)cc3)CC2)CC1. The second kappa shape index (κ2) is 10.7. The molecule has 2 aliphatic rings. The van der Waals surface area contributed by atoms with Crippen LogP contribution in [0.5, 0.6) is 0 Å². The molecular weight excluding hydrogens is 369 g/mol. The topological polar surface area (TPSA) is 0 Å². The van der Waals surface area contributed by atoms with Gasteiger partial charge >= 0.3 is 6.18 Å². The van der Waals surface area contributed by atoms with Crippen molar-refractivity contribution in [2.75, 3.05) is 0 Å². The molecule has 0 atom stereocenters. The third kappa shape index (κ3) is 6.89. The van der Waals surface area contributed by atoms with Crippen LogP contribution in [-0.2, 0) is 12.6 Å². The molecule has 29 heavy (non-hydrogen) atoms. The third-order valence-electron chi connectivity index (χ3n) is 7.42. The van der Waals surface area contributed by atoms with E-state index in [1.54, 1.807) is 12.1 Å². The lowest BCUT2D eigenvalue weighted by molar-refractivity contribution is -0.137. The number of hydrogen-bond donors (Lipinski definition) is 0. The summed E-state index contributed by atoms with van der Waals surface area (Å²) >= 11 is 0. The molecule has 162 valence electrons. The van der Waals surface area contributed by atoms with Crippen LogP contribution in [0.25, 0.3) is 0 Å². The molecule has 0 unspecified atom stereocenters. The summed E-state index contributed by atoms with van der Waals surface area (Å²) in [6.45, 7) is 2.31. The molecule has 0 heterocycles. The van der Waals surface area contributed by atoms with Gasteiger partial charge in [0.15, 0.2) is 0 Å². The fourth-order valence-corrected chi connectivity index (χ4v) is 5.59. The van der Waals surface area contributed by atoms with Gasteiger partial charge in [-0.3, -0.25) is 0 Å². The molecule has 2 saturated carbocycles. The van der Waals surface area contributed by atoms with Crippen molar-refractivity contribution in [1.82, 2.24) is 0 Å². The van der Waals surface area contributed by atoms with Crippen LogP contribution in [0.4, 0.5) is 13.2 Å². The number of halogens is 3. The highest BCUT2D eigenvalue weighted by atomic mass is 19.4. The van der Waals surface area contributed by atoms with E-state index in [9.17, 15) is 13.2 Å². The molecule has 2 aliphatic carbocycles. The largest absolute Gasteiger partial charge is 0.416 e. The summed E-state index contributed by atoms with van der Waals surface area (Å²) in [4.78, 5) is 0. The van der Waals surface area contributed by atoms with Crippen LogP contribution in [0, 0.1) is 23.7 Å². The molecule has 0 nitrogen and oxygen atoms in total. The van der Waals surface area contributed by atoms with E-state index in [1.807, 2.05) is 0 Å². The summed E-state index contributed by atoms with van der Waals surface area (Å²) < 4.78 is 37.8. The highest BCUT2D eigenvalue weighted by Gasteiger charge is 2.31. The average Bonchev–Trinajstić information content (AvgIpc) is 2.72. The van der Waals surface area contributed by atoms with Gasteiger partial charge in [-0.05, 0) is 92.7 Å². The van der Waals surface area contributed by atoms with Crippen molar-refractivity contribution in [3.05, 3.63) is 47.5 Å². The van der Waals surface area contributed by atoms with E-state index in [0.29, 0.717) is 6.42 Å². The van der Waals surface area contributed by atoms with Gasteiger partial charge in [0.05, 0.1) is 5.56 Å². The first kappa shape index (κ1) is 22.4. The minimum atomic E-state index is -4.25. The summed E-state index contributed by atoms with van der Waals surface area (Å²) in [5.74, 6) is 3.75. The van der Waals surface area contributed by atoms with Crippen LogP contribution >= 0.6 is 0 Å². The molecule has 0 spiro atoms. The number of rotatable bonds is 7. The zero-order valence-electron chi connectivity index (χ0n) is 17.9. The Bertz CT molecular complexity index is 612. The monoisotopic (exact) mass is 406 g/mol. The van der Waals surface area contributed by atoms with Crippen molar-refractivity contribution in [1.29, 1.82) is 0 Å². The number of alkyl halides is 3. The Morgan fingerprint density at radius 1 is 0.793 bits per heavy atom. The van der Waals surface area contributed by atoms with E-state index in [-0.39, 0.29) is 0 Å². The van der Waals surface area contributed by atoms with Crippen molar-refractivity contribution < 1.29 is 13.2 Å². The normalized spacial score (nSPS) is 28.7. The quantitative estimate of drug-likeness (QED) is 0.398. The Morgan fingerprint density at radius 3 is 1.86 bits per heavy atom. The van der Waals surface area contributed by atoms with Crippen LogP contribution in [-0.4, -0.2) is 0 Å². The lowest BCUT2D eigenvalue weighted by atomic mass is 9.68. The fraction of sp³-hybridized carbons (Fsp3) is 0.692. The Labute approximate surface area is 175 Å². The fourth-order valence-electron chi connectivity index (χ4n) is 5.59. The maximum atomic E-state index is 12.6. The summed E-state index contributed by atoms with van der Waals surface area (Å²) in [6.07, 6.45) is 16.1. The van der Waals surface area contributed by atoms with Crippen molar-refractivity contribution in [2.45, 2.75) is 90.1 Å². The van der Waals surface area contributed by atoms with Crippen molar-refractivity contribution >= 4 is 0 Å². The smallest absolute Gasteiger partial charge is 0.166 e. The van der Waals surface area contributed by atoms with Gasteiger partial charge in [-0.25, -0.2) is 0 Å². The molecule has 0 aromatic heterocycles. The number of benzene rings is 1. The molecule has 0 aliphatic heterocycles. The van der Waals surface area contributed by atoms with Gasteiger partial charge in [-0.2, -0.15) is 13.2 Å². The maximum absolute atomic E-state index is 12.6. The van der Waals surface area contributed by atoms with Crippen molar-refractivity contribution in [3.63, 3.8) is 0 Å². The summed E-state index contributed by atoms with van der Waals surface area (Å²) in [5.41, 5.74) is 0.373. The third-order valence-corrected chi connectivity index (χ3v) is 7.42. The molecule has 0 saturated heterocycles. The summed E-state index contributed by atoms with van der Waals surface area (Å²) in [7, 11) is 0. The number of allylic oxidation sites excluding steroid dienone is 2. The predicted molar refractivity (Wildman–Crippen MR) is 115 cm³/mol. The van der Waals surface area contributed by atoms with Crippen LogP contribution in [0.2, 0.25) is 0 Å². The molecule has 1 aromatic rings. The predicted octanol–water partition coefficient (Wildman–Crippen LogP) is 8.61. The Morgan fingerprint density at radius 2 is 1.34 bits per heavy atom. The second-order valence-corrected chi connectivity index (χ2v) is 9.46. The van der Waals surface area contributed by atoms with E-state index in [1.165, 1.54) is 76.3 Å². The average molecular weight is 407 g/mol. The molecule has 3 rings (SSSR count). The van der Waals surface area contributed by atoms with Crippen molar-refractivity contribution in [2.24, 2.45) is 23.7 Å². The minimum absolute atomic E-state index is 0.569. The van der Waals surface area contributed by atoms with Crippen LogP contribution < -0.4 is 0 Å². The van der Waals surface area contributed by atoms with E-state index in [4.69, 9.17) is 0 Å². The standard InChI is InChI=1S/C26H37F3/c1-2-5-20-8-14-23(15-9-20)24-16-10-21(11-17-24)6-3-4-7-22-12-18-25(19-13-22)26(27,28)29/h3-4,12-13,18-21,23-24H,2,5-11,14-17H2,1H3/b4-3-. The molecule has 0 radical (unpaired) electrons. The molecule has 2 fully saturated rings. The lowest BCUT2D eigenvalue weighted by Crippen LogP contribution is -2.25. The van der Waals surface area contributed by atoms with E-state index < -0.39 is 11.7 Å². The van der Waals surface area contributed by atoms with E-state index in [0.717, 1.165) is 35.7 Å². The van der Waals surface area contributed by atoms with E-state index in [2.05, 4.69) is 19.1 Å². The summed E-state index contributed by atoms with van der Waals surface area (Å²) in [6, 6.07) is 5.54. The molecule has 1 aromatic carbocycles. The lowest BCUT2D eigenvalue weighted by Gasteiger charge is -2.37. The highest BCUT2D eigenvalue weighted by molar-refractivity contribution is 5.25. The van der Waals surface area contributed by atoms with Crippen LogP contribution in [0.1, 0.15) is 88.7 Å². The van der Waals surface area contributed by atoms with Gasteiger partial charge in [0.2, 0.25) is 0 Å². The second-order valence-electron chi connectivity index (χ2n) is 9.46. The summed E-state index contributed by atoms with van der Waals surface area (Å²) in [5, 5.41) is 0. The molecule has 0 N–H and O–H groups in total. The Kier molecular flexibility index (Phi) is 8.26. The van der Waals surface area contributed by atoms with Crippen LogP contribution in [0.3, 0.4) is 0 Å². The Hall–Kier alpha value is -1.25. The number of hydrogen-bond acceptors (Lipinski definition) is 0. The van der Waals surface area contributed by atoms with Gasteiger partial charge < -0.3 is 0 Å². The molecule has 0 amide bonds. The Balaban J connectivity index is 1.34. The zero-order valence-corrected chi connectivity index (χ0v) is 17.9. The van der Waals surface area contributed by atoms with Crippen molar-refractivity contribution in [3.8, 4) is 0 Å². The van der Waals surface area contributed by atoms with Gasteiger partial charge in [0.1, 0.15) is 0 Å². The molecular formula is C26H37F3. The van der Waals surface area contributed by atoms with Gasteiger partial charge in [-0.15, -0.1) is 0 Å². The van der Waals surface area contributed by atoms with Gasteiger partial charge in [-0.1, -0.05) is 56.9 Å². The van der Waals surface area contributed by atoms with Gasteiger partial charge in [0.25, 0.3) is 0 Å². The maximum Gasteiger partial charge on any atom is 0.416 e.